The van der Waals surface area contributed by atoms with E-state index < -0.39 is 10.0 Å². The molecule has 7 nitrogen and oxygen atoms in total. The number of carbonyl (C=O) groups is 1. The van der Waals surface area contributed by atoms with Crippen LogP contribution in [0.5, 0.6) is 0 Å². The van der Waals surface area contributed by atoms with Gasteiger partial charge in [-0.05, 0) is 25.8 Å². The number of sulfonamides is 1. The van der Waals surface area contributed by atoms with Crippen LogP contribution in [0.25, 0.3) is 0 Å². The predicted molar refractivity (Wildman–Crippen MR) is 84.9 cm³/mol. The van der Waals surface area contributed by atoms with Crippen LogP contribution in [0.15, 0.2) is 16.5 Å². The smallest absolute Gasteiger partial charge is 0.267 e. The third kappa shape index (κ3) is 2.91. The summed E-state index contributed by atoms with van der Waals surface area (Å²) in [5.74, 6) is -0.368. The first-order valence-electron chi connectivity index (χ1n) is 6.66. The average molecular weight is 358 g/mol. The maximum Gasteiger partial charge on any atom is 0.267 e. The largest absolute Gasteiger partial charge is 0.296 e. The van der Waals surface area contributed by atoms with Gasteiger partial charge in [0.2, 0.25) is 15.2 Å². The Hall–Kier alpha value is -1.36. The minimum Gasteiger partial charge on any atom is -0.296 e. The SMILES string of the molecule is Cc1sc(C(=O)Nc2nncs2)cc1S(=O)(=O)N1CCCC1. The number of nitrogens with one attached hydrogen (secondary N) is 1. The minimum absolute atomic E-state index is 0.224. The van der Waals surface area contributed by atoms with Crippen LogP contribution in [0.4, 0.5) is 5.13 Å². The molecule has 3 rings (SSSR count). The lowest BCUT2D eigenvalue weighted by atomic mass is 10.4. The second kappa shape index (κ2) is 6.03. The molecule has 1 amide bonds. The van der Waals surface area contributed by atoms with Crippen LogP contribution in [-0.4, -0.2) is 41.9 Å². The third-order valence-corrected chi connectivity index (χ3v) is 7.17. The molecule has 118 valence electrons. The molecule has 0 bridgehead atoms. The molecule has 1 N–H and O–H groups in total. The van der Waals surface area contributed by atoms with Crippen LogP contribution in [-0.2, 0) is 10.0 Å². The lowest BCUT2D eigenvalue weighted by molar-refractivity contribution is 0.103. The van der Waals surface area contributed by atoms with Crippen LogP contribution >= 0.6 is 22.7 Å². The van der Waals surface area contributed by atoms with Crippen molar-refractivity contribution in [1.82, 2.24) is 14.5 Å². The molecule has 3 heterocycles. The lowest BCUT2D eigenvalue weighted by Crippen LogP contribution is -2.28. The van der Waals surface area contributed by atoms with Gasteiger partial charge >= 0.3 is 0 Å². The van der Waals surface area contributed by atoms with E-state index in [1.165, 1.54) is 38.6 Å². The maximum absolute atomic E-state index is 12.6. The van der Waals surface area contributed by atoms with Crippen LogP contribution in [0.3, 0.4) is 0 Å². The van der Waals surface area contributed by atoms with Crippen molar-refractivity contribution in [2.24, 2.45) is 0 Å². The number of amides is 1. The number of carbonyl (C=O) groups excluding carboxylic acids is 1. The molecule has 0 aliphatic carbocycles. The molecular formula is C12H14N4O3S3. The van der Waals surface area contributed by atoms with Crippen LogP contribution in [0, 0.1) is 6.92 Å². The number of thiophene rings is 1. The maximum atomic E-state index is 12.6. The van der Waals surface area contributed by atoms with E-state index in [9.17, 15) is 13.2 Å². The summed E-state index contributed by atoms with van der Waals surface area (Å²) in [5, 5.41) is 10.4. The van der Waals surface area contributed by atoms with Crippen molar-refractivity contribution in [3.05, 3.63) is 21.3 Å². The number of hydrogen-bond acceptors (Lipinski definition) is 7. The van der Waals surface area contributed by atoms with Gasteiger partial charge < -0.3 is 0 Å². The Morgan fingerprint density at radius 3 is 2.73 bits per heavy atom. The van der Waals surface area contributed by atoms with E-state index in [-0.39, 0.29) is 10.8 Å². The van der Waals surface area contributed by atoms with Gasteiger partial charge in [-0.25, -0.2) is 8.42 Å². The second-order valence-electron chi connectivity index (χ2n) is 4.84. The monoisotopic (exact) mass is 358 g/mol. The zero-order valence-corrected chi connectivity index (χ0v) is 14.2. The van der Waals surface area contributed by atoms with E-state index in [1.54, 1.807) is 6.92 Å². The summed E-state index contributed by atoms with van der Waals surface area (Å²) < 4.78 is 26.7. The highest BCUT2D eigenvalue weighted by molar-refractivity contribution is 7.89. The number of nitrogens with zero attached hydrogens (tertiary/aromatic N) is 3. The molecule has 1 aliphatic heterocycles. The van der Waals surface area contributed by atoms with Crippen molar-refractivity contribution < 1.29 is 13.2 Å². The first-order chi connectivity index (χ1) is 10.5. The number of anilines is 1. The molecule has 2 aromatic rings. The molecule has 0 atom stereocenters. The van der Waals surface area contributed by atoms with E-state index in [0.29, 0.717) is 28.0 Å². The van der Waals surface area contributed by atoms with Gasteiger partial charge in [-0.15, -0.1) is 21.5 Å². The summed E-state index contributed by atoms with van der Waals surface area (Å²) in [7, 11) is -3.51. The topological polar surface area (TPSA) is 92.3 Å². The molecule has 0 unspecified atom stereocenters. The molecule has 1 aliphatic rings. The van der Waals surface area contributed by atoms with Gasteiger partial charge in [-0.2, -0.15) is 4.31 Å². The zero-order valence-electron chi connectivity index (χ0n) is 11.8. The lowest BCUT2D eigenvalue weighted by Gasteiger charge is -2.14. The van der Waals surface area contributed by atoms with E-state index in [2.05, 4.69) is 15.5 Å². The van der Waals surface area contributed by atoms with Crippen molar-refractivity contribution in [2.45, 2.75) is 24.7 Å². The molecule has 0 saturated carbocycles. The van der Waals surface area contributed by atoms with E-state index in [4.69, 9.17) is 0 Å². The standard InChI is InChI=1S/C12H14N4O3S3/c1-8-10(22(18,19)16-4-2-3-5-16)6-9(21-8)11(17)14-12-15-13-7-20-12/h6-7H,2-5H2,1H3,(H,14,15,17). The minimum atomic E-state index is -3.51. The molecule has 10 heteroatoms. The normalized spacial score (nSPS) is 16.0. The van der Waals surface area contributed by atoms with Crippen LogP contribution < -0.4 is 5.32 Å². The van der Waals surface area contributed by atoms with Gasteiger partial charge in [-0.3, -0.25) is 10.1 Å². The molecule has 0 radical (unpaired) electrons. The first-order valence-corrected chi connectivity index (χ1v) is 9.80. The van der Waals surface area contributed by atoms with E-state index in [1.807, 2.05) is 0 Å². The Morgan fingerprint density at radius 2 is 2.09 bits per heavy atom. The van der Waals surface area contributed by atoms with Gasteiger partial charge in [0, 0.05) is 18.0 Å². The second-order valence-corrected chi connectivity index (χ2v) is 8.84. The summed E-state index contributed by atoms with van der Waals surface area (Å²) in [6.45, 7) is 2.81. The Balaban J connectivity index is 1.86. The summed E-state index contributed by atoms with van der Waals surface area (Å²) in [6, 6.07) is 1.45. The Morgan fingerprint density at radius 1 is 1.36 bits per heavy atom. The molecule has 1 fully saturated rings. The predicted octanol–water partition coefficient (Wildman–Crippen LogP) is 1.94. The molecule has 2 aromatic heterocycles. The van der Waals surface area contributed by atoms with Crippen molar-refractivity contribution in [1.29, 1.82) is 0 Å². The van der Waals surface area contributed by atoms with Gasteiger partial charge in [-0.1, -0.05) is 11.3 Å². The highest BCUT2D eigenvalue weighted by Crippen LogP contribution is 2.30. The average Bonchev–Trinajstić information content (AvgIpc) is 3.19. The highest BCUT2D eigenvalue weighted by atomic mass is 32.2. The fourth-order valence-corrected chi connectivity index (χ4v) is 5.70. The van der Waals surface area contributed by atoms with Crippen molar-refractivity contribution in [3.8, 4) is 0 Å². The van der Waals surface area contributed by atoms with Crippen molar-refractivity contribution >= 4 is 43.7 Å². The van der Waals surface area contributed by atoms with Gasteiger partial charge in [0.15, 0.2) is 0 Å². The molecular weight excluding hydrogens is 344 g/mol. The van der Waals surface area contributed by atoms with Crippen LogP contribution in [0.1, 0.15) is 27.4 Å². The number of aromatic nitrogens is 2. The van der Waals surface area contributed by atoms with Gasteiger partial charge in [0.05, 0.1) is 9.77 Å². The molecule has 1 saturated heterocycles. The van der Waals surface area contributed by atoms with E-state index in [0.717, 1.165) is 12.8 Å². The molecule has 0 spiro atoms. The van der Waals surface area contributed by atoms with Crippen LogP contribution in [0.2, 0.25) is 0 Å². The first kappa shape index (κ1) is 15.5. The summed E-state index contributed by atoms with van der Waals surface area (Å²) in [4.78, 5) is 13.4. The Bertz CT molecular complexity index is 777. The Labute approximate surface area is 136 Å². The van der Waals surface area contributed by atoms with E-state index >= 15 is 0 Å². The fourth-order valence-electron chi connectivity index (χ4n) is 2.29. The number of hydrogen-bond donors (Lipinski definition) is 1. The summed E-state index contributed by atoms with van der Waals surface area (Å²) in [6.07, 6.45) is 1.76. The quantitative estimate of drug-likeness (QED) is 0.902. The Kier molecular flexibility index (Phi) is 4.26. The zero-order chi connectivity index (χ0) is 15.7. The van der Waals surface area contributed by atoms with Gasteiger partial charge in [0.25, 0.3) is 5.91 Å². The summed E-state index contributed by atoms with van der Waals surface area (Å²) in [5.41, 5.74) is 1.51. The molecule has 0 aromatic carbocycles. The van der Waals surface area contributed by atoms with Crippen molar-refractivity contribution in [2.75, 3.05) is 18.4 Å². The highest BCUT2D eigenvalue weighted by Gasteiger charge is 2.30. The molecule has 22 heavy (non-hydrogen) atoms. The fraction of sp³-hybridized carbons (Fsp3) is 0.417. The van der Waals surface area contributed by atoms with Gasteiger partial charge in [0.1, 0.15) is 5.51 Å². The van der Waals surface area contributed by atoms with Crippen molar-refractivity contribution in [3.63, 3.8) is 0 Å². The summed E-state index contributed by atoms with van der Waals surface area (Å²) >= 11 is 2.38. The number of aryl methyl sites for hydroxylation is 1. The third-order valence-electron chi connectivity index (χ3n) is 3.36. The number of rotatable bonds is 4.